The molecule has 8 heteroatoms. The van der Waals surface area contributed by atoms with Gasteiger partial charge in [0.15, 0.2) is 0 Å². The Labute approximate surface area is 179 Å². The first kappa shape index (κ1) is 24.2. The van der Waals surface area contributed by atoms with Crippen LogP contribution in [0.2, 0.25) is 0 Å². The van der Waals surface area contributed by atoms with Crippen LogP contribution in [0.1, 0.15) is 48.2 Å². The molecule has 1 aromatic carbocycles. The van der Waals surface area contributed by atoms with Crippen LogP contribution in [-0.4, -0.2) is 26.7 Å². The summed E-state index contributed by atoms with van der Waals surface area (Å²) < 4.78 is 12.3. The Hall–Kier alpha value is -1.83. The summed E-state index contributed by atoms with van der Waals surface area (Å²) in [5, 5.41) is 5.15. The standard InChI is InChI=1S/C20H21FN2O2PSSe/c1-5-7-14(18(6-2)22-20(25)28)8-9-16-12-15(13(3)4)10-11-17(16)19(24)23-26-27-21/h5-7,10-13,26H,2H2,1,3-4H3,(H,22,25)(H,23,24)/b7-5-,18-14-. The van der Waals surface area contributed by atoms with Crippen LogP contribution in [0.15, 0.2) is 54.3 Å². The van der Waals surface area contributed by atoms with Crippen molar-refractivity contribution in [1.82, 2.24) is 10.4 Å². The van der Waals surface area contributed by atoms with E-state index in [2.05, 4.69) is 44.8 Å². The van der Waals surface area contributed by atoms with Crippen LogP contribution in [0.4, 0.5) is 8.68 Å². The fourth-order valence-corrected chi connectivity index (χ4v) is 3.08. The number of carbonyl (C=O) groups excluding carboxylic acids is 2. The molecule has 1 radical (unpaired) electrons. The molecule has 0 aliphatic carbocycles. The van der Waals surface area contributed by atoms with Crippen molar-refractivity contribution in [2.75, 3.05) is 0 Å². The monoisotopic (exact) mass is 483 g/mol. The maximum atomic E-state index is 12.4. The number of hydrogen-bond acceptors (Lipinski definition) is 3. The number of amides is 2. The summed E-state index contributed by atoms with van der Waals surface area (Å²) in [4.78, 5) is 23.4. The molecule has 28 heavy (non-hydrogen) atoms. The number of allylic oxidation sites excluding steroid dienone is 4. The number of carbonyl (C=O) groups is 2. The van der Waals surface area contributed by atoms with Gasteiger partial charge in [0, 0.05) is 0 Å². The minimum atomic E-state index is -0.389. The molecule has 1 atom stereocenters. The zero-order valence-electron chi connectivity index (χ0n) is 15.8. The van der Waals surface area contributed by atoms with Gasteiger partial charge in [-0.1, -0.05) is 0 Å². The molecule has 1 unspecified atom stereocenters. The summed E-state index contributed by atoms with van der Waals surface area (Å²) in [6, 6.07) is 5.41. The predicted molar refractivity (Wildman–Crippen MR) is 118 cm³/mol. The van der Waals surface area contributed by atoms with Gasteiger partial charge in [0.05, 0.1) is 0 Å². The van der Waals surface area contributed by atoms with Gasteiger partial charge in [-0.25, -0.2) is 0 Å². The molecule has 2 amide bonds. The third-order valence-corrected chi connectivity index (χ3v) is 4.71. The molecular weight excluding hydrogens is 461 g/mol. The Morgan fingerprint density at radius 1 is 1.39 bits per heavy atom. The Bertz CT molecular complexity index is 873. The molecule has 0 aliphatic heterocycles. The van der Waals surface area contributed by atoms with Gasteiger partial charge in [-0.3, -0.25) is 0 Å². The van der Waals surface area contributed by atoms with Crippen molar-refractivity contribution in [3.05, 3.63) is 71.0 Å². The van der Waals surface area contributed by atoms with Crippen LogP contribution in [0.25, 0.3) is 0 Å². The van der Waals surface area contributed by atoms with Gasteiger partial charge in [0.2, 0.25) is 0 Å². The van der Waals surface area contributed by atoms with E-state index in [-0.39, 0.29) is 36.3 Å². The molecule has 0 aromatic heterocycles. The SMILES string of the molecule is C=C/C(NC(=O)[Se])=C(C#Cc1cc(C(C)C)ccc1C(=O)NPSF)\C=C/C. The maximum absolute atomic E-state index is 12.4. The molecule has 1 aromatic rings. The van der Waals surface area contributed by atoms with Crippen molar-refractivity contribution in [2.24, 2.45) is 0 Å². The fourth-order valence-electron chi connectivity index (χ4n) is 2.19. The summed E-state index contributed by atoms with van der Waals surface area (Å²) >= 11 is 2.41. The van der Waals surface area contributed by atoms with Gasteiger partial charge >= 0.3 is 176 Å². The van der Waals surface area contributed by atoms with E-state index >= 15 is 0 Å². The summed E-state index contributed by atoms with van der Waals surface area (Å²) in [7, 11) is -0.382. The van der Waals surface area contributed by atoms with E-state index in [4.69, 9.17) is 0 Å². The molecule has 0 fully saturated rings. The number of halogens is 1. The topological polar surface area (TPSA) is 58.2 Å². The average Bonchev–Trinajstić information content (AvgIpc) is 2.67. The zero-order valence-corrected chi connectivity index (χ0v) is 19.3. The van der Waals surface area contributed by atoms with Crippen molar-refractivity contribution < 1.29 is 13.5 Å². The molecule has 0 heterocycles. The molecule has 0 saturated carbocycles. The van der Waals surface area contributed by atoms with Crippen LogP contribution in [0, 0.1) is 11.8 Å². The van der Waals surface area contributed by atoms with Crippen molar-refractivity contribution in [2.45, 2.75) is 26.7 Å². The van der Waals surface area contributed by atoms with Crippen LogP contribution in [0.5, 0.6) is 0 Å². The molecule has 0 bridgehead atoms. The second kappa shape index (κ2) is 12.6. The normalized spacial score (nSPS) is 11.9. The Morgan fingerprint density at radius 3 is 2.64 bits per heavy atom. The van der Waals surface area contributed by atoms with Crippen molar-refractivity contribution in [1.29, 1.82) is 0 Å². The number of rotatable bonds is 7. The van der Waals surface area contributed by atoms with E-state index in [0.29, 0.717) is 22.4 Å². The number of hydrogen-bond donors (Lipinski definition) is 2. The second-order valence-electron chi connectivity index (χ2n) is 5.79. The van der Waals surface area contributed by atoms with E-state index in [0.717, 1.165) is 5.56 Å². The Kier molecular flexibility index (Phi) is 10.9. The zero-order chi connectivity index (χ0) is 21.1. The molecular formula is C20H21FN2O2PSSe. The van der Waals surface area contributed by atoms with Crippen molar-refractivity contribution >= 4 is 46.4 Å². The second-order valence-corrected chi connectivity index (χ2v) is 8.25. The molecule has 0 aliphatic rings. The molecule has 1 rings (SSSR count). The number of benzene rings is 1. The summed E-state index contributed by atoms with van der Waals surface area (Å²) in [5.41, 5.74) is 2.92. The predicted octanol–water partition coefficient (Wildman–Crippen LogP) is 4.91. The third-order valence-electron chi connectivity index (χ3n) is 3.55. The average molecular weight is 482 g/mol. The van der Waals surface area contributed by atoms with Crippen LogP contribution < -0.4 is 10.4 Å². The first-order chi connectivity index (χ1) is 13.3. The molecule has 0 spiro atoms. The van der Waals surface area contributed by atoms with Crippen molar-refractivity contribution in [3.8, 4) is 11.8 Å². The molecule has 147 valence electrons. The van der Waals surface area contributed by atoms with E-state index < -0.39 is 0 Å². The Balaban J connectivity index is 3.50. The quantitative estimate of drug-likeness (QED) is 0.251. The summed E-state index contributed by atoms with van der Waals surface area (Å²) in [6.45, 7) is 9.62. The van der Waals surface area contributed by atoms with E-state index in [1.54, 1.807) is 18.2 Å². The first-order valence-corrected chi connectivity index (χ1v) is 11.6. The fraction of sp³-hybridized carbons (Fsp3) is 0.200. The van der Waals surface area contributed by atoms with Crippen LogP contribution in [0.3, 0.4) is 0 Å². The third kappa shape index (κ3) is 7.66. The van der Waals surface area contributed by atoms with Gasteiger partial charge in [-0.2, -0.15) is 3.89 Å². The van der Waals surface area contributed by atoms with Crippen LogP contribution >= 0.6 is 19.7 Å². The Morgan fingerprint density at radius 2 is 2.11 bits per heavy atom. The summed E-state index contributed by atoms with van der Waals surface area (Å²) in [5.74, 6) is 5.87. The van der Waals surface area contributed by atoms with Gasteiger partial charge < -0.3 is 0 Å². The number of nitrogens with one attached hydrogen (secondary N) is 2. The van der Waals surface area contributed by atoms with E-state index in [9.17, 15) is 13.5 Å². The minimum absolute atomic E-state index is 0.0649. The molecule has 4 nitrogen and oxygen atoms in total. The first-order valence-electron chi connectivity index (χ1n) is 8.30. The van der Waals surface area contributed by atoms with Gasteiger partial charge in [-0.05, 0) is 0 Å². The van der Waals surface area contributed by atoms with Gasteiger partial charge in [0.25, 0.3) is 0 Å². The van der Waals surface area contributed by atoms with Crippen LogP contribution in [-0.2, 0) is 0 Å². The van der Waals surface area contributed by atoms with Gasteiger partial charge in [-0.15, -0.1) is 0 Å². The molecule has 0 saturated heterocycles. The van der Waals surface area contributed by atoms with E-state index in [1.807, 2.05) is 32.9 Å². The van der Waals surface area contributed by atoms with E-state index in [1.165, 1.54) is 6.08 Å². The molecule has 2 N–H and O–H groups in total. The summed E-state index contributed by atoms with van der Waals surface area (Å²) in [6.07, 6.45) is 5.03. The van der Waals surface area contributed by atoms with Gasteiger partial charge in [0.1, 0.15) is 0 Å². The van der Waals surface area contributed by atoms with Crippen molar-refractivity contribution in [3.63, 3.8) is 0 Å².